The zero-order chi connectivity index (χ0) is 12.8. The zero-order valence-corrected chi connectivity index (χ0v) is 12.0. The topological polar surface area (TPSA) is 12.0 Å². The molecular formula is C17H27N. The second-order valence-electron chi connectivity index (χ2n) is 5.62. The maximum Gasteiger partial charge on any atom is 0.0291 e. The van der Waals surface area contributed by atoms with Gasteiger partial charge in [0, 0.05) is 6.04 Å². The lowest BCUT2D eigenvalue weighted by Gasteiger charge is -2.20. The van der Waals surface area contributed by atoms with Gasteiger partial charge < -0.3 is 5.32 Å². The van der Waals surface area contributed by atoms with Crippen molar-refractivity contribution in [3.8, 4) is 0 Å². The molecule has 1 N–H and O–H groups in total. The minimum absolute atomic E-state index is 0.495. The maximum absolute atomic E-state index is 3.64. The van der Waals surface area contributed by atoms with Gasteiger partial charge in [0.05, 0.1) is 0 Å². The van der Waals surface area contributed by atoms with Crippen LogP contribution in [-0.4, -0.2) is 6.54 Å². The molecule has 1 unspecified atom stereocenters. The van der Waals surface area contributed by atoms with E-state index in [0.29, 0.717) is 6.04 Å². The molecule has 0 spiro atoms. The van der Waals surface area contributed by atoms with E-state index in [4.69, 9.17) is 0 Å². The van der Waals surface area contributed by atoms with Gasteiger partial charge in [-0.2, -0.15) is 0 Å². The van der Waals surface area contributed by atoms with Crippen LogP contribution in [0.3, 0.4) is 0 Å². The first-order chi connectivity index (χ1) is 8.81. The second kappa shape index (κ2) is 6.94. The van der Waals surface area contributed by atoms with Gasteiger partial charge in [-0.05, 0) is 62.3 Å². The number of hydrogen-bond acceptors (Lipinski definition) is 1. The predicted octanol–water partition coefficient (Wildman–Crippen LogP) is 4.41. The van der Waals surface area contributed by atoms with E-state index < -0.39 is 0 Å². The molecule has 18 heavy (non-hydrogen) atoms. The van der Waals surface area contributed by atoms with Gasteiger partial charge in [-0.15, -0.1) is 0 Å². The van der Waals surface area contributed by atoms with Gasteiger partial charge in [-0.25, -0.2) is 0 Å². The molecule has 1 nitrogen and oxygen atoms in total. The minimum Gasteiger partial charge on any atom is -0.310 e. The van der Waals surface area contributed by atoms with E-state index in [1.165, 1.54) is 50.5 Å². The molecule has 0 bridgehead atoms. The van der Waals surface area contributed by atoms with E-state index in [-0.39, 0.29) is 0 Å². The van der Waals surface area contributed by atoms with E-state index >= 15 is 0 Å². The molecule has 1 heteroatoms. The third-order valence-electron chi connectivity index (χ3n) is 4.10. The van der Waals surface area contributed by atoms with E-state index in [0.717, 1.165) is 6.54 Å². The van der Waals surface area contributed by atoms with Crippen molar-refractivity contribution in [2.45, 2.75) is 64.8 Å². The first-order valence-electron chi connectivity index (χ1n) is 7.66. The Balaban J connectivity index is 1.91. The van der Waals surface area contributed by atoms with Gasteiger partial charge in [-0.3, -0.25) is 0 Å². The van der Waals surface area contributed by atoms with Gasteiger partial charge in [0.2, 0.25) is 0 Å². The summed E-state index contributed by atoms with van der Waals surface area (Å²) < 4.78 is 0. The van der Waals surface area contributed by atoms with Crippen LogP contribution in [0.15, 0.2) is 18.2 Å². The van der Waals surface area contributed by atoms with Crippen molar-refractivity contribution in [2.24, 2.45) is 0 Å². The summed E-state index contributed by atoms with van der Waals surface area (Å²) in [5, 5.41) is 3.64. The first-order valence-corrected chi connectivity index (χ1v) is 7.66. The summed E-state index contributed by atoms with van der Waals surface area (Å²) >= 11 is 0. The highest BCUT2D eigenvalue weighted by Crippen LogP contribution is 2.24. The quantitative estimate of drug-likeness (QED) is 0.732. The van der Waals surface area contributed by atoms with Gasteiger partial charge in [0.25, 0.3) is 0 Å². The molecule has 1 atom stereocenters. The van der Waals surface area contributed by atoms with Crippen LogP contribution in [0.4, 0.5) is 0 Å². The lowest BCUT2D eigenvalue weighted by atomic mass is 9.89. The molecule has 100 valence electrons. The van der Waals surface area contributed by atoms with Crippen LogP contribution in [-0.2, 0) is 12.8 Å². The minimum atomic E-state index is 0.495. The third-order valence-corrected chi connectivity index (χ3v) is 4.10. The van der Waals surface area contributed by atoms with Crippen molar-refractivity contribution in [3.05, 3.63) is 34.9 Å². The highest BCUT2D eigenvalue weighted by molar-refractivity contribution is 5.35. The van der Waals surface area contributed by atoms with Crippen LogP contribution < -0.4 is 5.32 Å². The standard InChI is InChI=1S/C17H27N/c1-3-4-7-12-18-14(2)16-11-10-15-8-5-6-9-17(15)13-16/h10-11,13-14,18H,3-9,12H2,1-2H3. The van der Waals surface area contributed by atoms with E-state index in [9.17, 15) is 0 Å². The molecular weight excluding hydrogens is 218 g/mol. The van der Waals surface area contributed by atoms with Crippen LogP contribution >= 0.6 is 0 Å². The van der Waals surface area contributed by atoms with Crippen molar-refractivity contribution >= 4 is 0 Å². The number of hydrogen-bond donors (Lipinski definition) is 1. The second-order valence-corrected chi connectivity index (χ2v) is 5.62. The molecule has 0 radical (unpaired) electrons. The largest absolute Gasteiger partial charge is 0.310 e. The summed E-state index contributed by atoms with van der Waals surface area (Å²) in [6.07, 6.45) is 9.25. The molecule has 0 heterocycles. The summed E-state index contributed by atoms with van der Waals surface area (Å²) in [6.45, 7) is 5.69. The molecule has 1 aliphatic rings. The number of unbranched alkanes of at least 4 members (excludes halogenated alkanes) is 2. The Labute approximate surface area is 112 Å². The van der Waals surface area contributed by atoms with E-state index in [1.54, 1.807) is 11.1 Å². The molecule has 0 amide bonds. The lowest BCUT2D eigenvalue weighted by Crippen LogP contribution is -2.20. The van der Waals surface area contributed by atoms with Crippen molar-refractivity contribution in [1.82, 2.24) is 5.32 Å². The average Bonchev–Trinajstić information content (AvgIpc) is 2.43. The van der Waals surface area contributed by atoms with Gasteiger partial charge in [0.15, 0.2) is 0 Å². The lowest BCUT2D eigenvalue weighted by molar-refractivity contribution is 0.542. The molecule has 1 aromatic carbocycles. The third kappa shape index (κ3) is 3.58. The van der Waals surface area contributed by atoms with Gasteiger partial charge >= 0.3 is 0 Å². The van der Waals surface area contributed by atoms with Gasteiger partial charge in [0.1, 0.15) is 0 Å². The highest BCUT2D eigenvalue weighted by atomic mass is 14.9. The van der Waals surface area contributed by atoms with Crippen LogP contribution in [0, 0.1) is 0 Å². The van der Waals surface area contributed by atoms with Crippen molar-refractivity contribution in [1.29, 1.82) is 0 Å². The molecule has 2 rings (SSSR count). The molecule has 0 saturated carbocycles. The SMILES string of the molecule is CCCCCNC(C)c1ccc2c(c1)CCCC2. The highest BCUT2D eigenvalue weighted by Gasteiger charge is 2.11. The van der Waals surface area contributed by atoms with Crippen molar-refractivity contribution < 1.29 is 0 Å². The molecule has 1 aromatic rings. The molecule has 0 aliphatic heterocycles. The molecule has 1 aliphatic carbocycles. The molecule has 0 aromatic heterocycles. The molecule has 0 saturated heterocycles. The van der Waals surface area contributed by atoms with E-state index in [2.05, 4.69) is 37.4 Å². The number of aryl methyl sites for hydroxylation is 2. The smallest absolute Gasteiger partial charge is 0.0291 e. The van der Waals surface area contributed by atoms with Crippen LogP contribution in [0.1, 0.15) is 68.7 Å². The fourth-order valence-electron chi connectivity index (χ4n) is 2.83. The molecule has 0 fully saturated rings. The fraction of sp³-hybridized carbons (Fsp3) is 0.647. The summed E-state index contributed by atoms with van der Waals surface area (Å²) in [5.74, 6) is 0. The average molecular weight is 245 g/mol. The fourth-order valence-corrected chi connectivity index (χ4v) is 2.83. The summed E-state index contributed by atoms with van der Waals surface area (Å²) in [7, 11) is 0. The summed E-state index contributed by atoms with van der Waals surface area (Å²) in [5.41, 5.74) is 4.65. The summed E-state index contributed by atoms with van der Waals surface area (Å²) in [4.78, 5) is 0. The van der Waals surface area contributed by atoms with Gasteiger partial charge in [-0.1, -0.05) is 38.0 Å². The van der Waals surface area contributed by atoms with Crippen LogP contribution in [0.2, 0.25) is 0 Å². The Hall–Kier alpha value is -0.820. The Morgan fingerprint density at radius 3 is 2.67 bits per heavy atom. The van der Waals surface area contributed by atoms with Crippen LogP contribution in [0.5, 0.6) is 0 Å². The Kier molecular flexibility index (Phi) is 5.25. The number of rotatable bonds is 6. The van der Waals surface area contributed by atoms with E-state index in [1.807, 2.05) is 0 Å². The normalized spacial score (nSPS) is 16.3. The summed E-state index contributed by atoms with van der Waals surface area (Å²) in [6, 6.07) is 7.61. The monoisotopic (exact) mass is 245 g/mol. The van der Waals surface area contributed by atoms with Crippen molar-refractivity contribution in [3.63, 3.8) is 0 Å². The Morgan fingerprint density at radius 2 is 1.89 bits per heavy atom. The Bertz CT molecular complexity index is 370. The maximum atomic E-state index is 3.64. The number of fused-ring (bicyclic) bond motifs is 1. The predicted molar refractivity (Wildman–Crippen MR) is 79.0 cm³/mol. The Morgan fingerprint density at radius 1 is 1.11 bits per heavy atom. The van der Waals surface area contributed by atoms with Crippen LogP contribution in [0.25, 0.3) is 0 Å². The first kappa shape index (κ1) is 13.6. The number of benzene rings is 1. The number of nitrogens with one attached hydrogen (secondary N) is 1. The van der Waals surface area contributed by atoms with Crippen molar-refractivity contribution in [2.75, 3.05) is 6.54 Å². The zero-order valence-electron chi connectivity index (χ0n) is 12.0.